The van der Waals surface area contributed by atoms with Gasteiger partial charge in [0.15, 0.2) is 0 Å². The van der Waals surface area contributed by atoms with Gasteiger partial charge in [0.1, 0.15) is 6.07 Å². The minimum absolute atomic E-state index is 0.0351. The summed E-state index contributed by atoms with van der Waals surface area (Å²) in [6, 6.07) is 16.7. The zero-order chi connectivity index (χ0) is 16.7. The van der Waals surface area contributed by atoms with E-state index in [1.807, 2.05) is 43.3 Å². The van der Waals surface area contributed by atoms with Crippen LogP contribution in [0.5, 0.6) is 0 Å². The number of nitriles is 1. The van der Waals surface area contributed by atoms with E-state index in [4.69, 9.17) is 5.11 Å². The minimum Gasteiger partial charge on any atom is -0.396 e. The molecule has 0 aromatic heterocycles. The van der Waals surface area contributed by atoms with Crippen LogP contribution < -0.4 is 5.32 Å². The zero-order valence-corrected chi connectivity index (χ0v) is 13.6. The molecule has 0 saturated heterocycles. The number of nitrogens with one attached hydrogen (secondary N) is 1. The molecule has 2 N–H and O–H groups in total. The van der Waals surface area contributed by atoms with Gasteiger partial charge in [-0.25, -0.2) is 0 Å². The molecule has 2 aromatic rings. The van der Waals surface area contributed by atoms with Crippen LogP contribution in [0.15, 0.2) is 58.3 Å². The van der Waals surface area contributed by atoms with Crippen LogP contribution in [0, 0.1) is 11.3 Å². The molecule has 1 unspecified atom stereocenters. The largest absolute Gasteiger partial charge is 0.396 e. The highest BCUT2D eigenvalue weighted by atomic mass is 32.2. The van der Waals surface area contributed by atoms with E-state index in [0.29, 0.717) is 17.5 Å². The van der Waals surface area contributed by atoms with Crippen molar-refractivity contribution < 1.29 is 9.90 Å². The second-order valence-corrected chi connectivity index (χ2v) is 6.18. The summed E-state index contributed by atoms with van der Waals surface area (Å²) in [6.45, 7) is 1.89. The van der Waals surface area contributed by atoms with Gasteiger partial charge in [0.25, 0.3) is 5.91 Å². The molecular formula is C18H18N2O2S. The number of hydrogen-bond acceptors (Lipinski definition) is 4. The normalized spacial score (nSPS) is 11.5. The minimum atomic E-state index is -0.177. The Kier molecular flexibility index (Phi) is 6.21. The van der Waals surface area contributed by atoms with Crippen molar-refractivity contribution in [3.8, 4) is 6.07 Å². The monoisotopic (exact) mass is 326 g/mol. The van der Waals surface area contributed by atoms with Crippen molar-refractivity contribution in [1.29, 1.82) is 5.26 Å². The van der Waals surface area contributed by atoms with E-state index in [9.17, 15) is 10.1 Å². The third-order valence-corrected chi connectivity index (χ3v) is 4.45. The summed E-state index contributed by atoms with van der Waals surface area (Å²) in [5.41, 5.74) is 1.15. The lowest BCUT2D eigenvalue weighted by molar-refractivity contribution is 0.0931. The molecule has 23 heavy (non-hydrogen) atoms. The summed E-state index contributed by atoms with van der Waals surface area (Å²) in [7, 11) is 0. The first kappa shape index (κ1) is 17.1. The van der Waals surface area contributed by atoms with E-state index in [2.05, 4.69) is 11.4 Å². The molecule has 0 fully saturated rings. The number of nitrogens with zero attached hydrogens (tertiary/aromatic N) is 1. The third kappa shape index (κ3) is 4.59. The van der Waals surface area contributed by atoms with E-state index >= 15 is 0 Å². The van der Waals surface area contributed by atoms with Gasteiger partial charge >= 0.3 is 0 Å². The average molecular weight is 326 g/mol. The topological polar surface area (TPSA) is 73.1 Å². The molecule has 0 heterocycles. The number of carbonyl (C=O) groups excluding carboxylic acids is 1. The lowest BCUT2D eigenvalue weighted by Gasteiger charge is -2.14. The van der Waals surface area contributed by atoms with Crippen LogP contribution in [-0.4, -0.2) is 23.7 Å². The van der Waals surface area contributed by atoms with Crippen molar-refractivity contribution >= 4 is 17.7 Å². The quantitative estimate of drug-likeness (QED) is 0.855. The molecule has 1 atom stereocenters. The fourth-order valence-electron chi connectivity index (χ4n) is 2.08. The van der Waals surface area contributed by atoms with Crippen LogP contribution in [0.1, 0.15) is 29.3 Å². The van der Waals surface area contributed by atoms with Crippen LogP contribution in [-0.2, 0) is 0 Å². The molecule has 2 rings (SSSR count). The van der Waals surface area contributed by atoms with Gasteiger partial charge in [-0.1, -0.05) is 36.0 Å². The van der Waals surface area contributed by atoms with Crippen LogP contribution in [0.2, 0.25) is 0 Å². The molecule has 0 aliphatic heterocycles. The first-order valence-corrected chi connectivity index (χ1v) is 8.15. The average Bonchev–Trinajstić information content (AvgIpc) is 2.56. The van der Waals surface area contributed by atoms with Gasteiger partial charge < -0.3 is 10.4 Å². The number of benzene rings is 2. The Morgan fingerprint density at radius 2 is 1.87 bits per heavy atom. The molecule has 1 amide bonds. The van der Waals surface area contributed by atoms with Gasteiger partial charge in [-0.3, -0.25) is 4.79 Å². The number of rotatable bonds is 6. The van der Waals surface area contributed by atoms with Crippen molar-refractivity contribution in [2.75, 3.05) is 6.61 Å². The standard InChI is InChI=1S/C18H18N2O2S/c1-13(10-11-21)20-18(22)15-7-3-5-9-17(15)23-16-8-4-2-6-14(16)12-19/h2-9,13,21H,10-11H2,1H3,(H,20,22). The number of amides is 1. The molecule has 0 spiro atoms. The summed E-state index contributed by atoms with van der Waals surface area (Å²) in [6.07, 6.45) is 0.512. The summed E-state index contributed by atoms with van der Waals surface area (Å²) in [5, 5.41) is 21.0. The summed E-state index contributed by atoms with van der Waals surface area (Å²) in [4.78, 5) is 14.0. The number of hydrogen-bond donors (Lipinski definition) is 2. The van der Waals surface area contributed by atoms with Gasteiger partial charge in [0, 0.05) is 22.4 Å². The summed E-state index contributed by atoms with van der Waals surface area (Å²) in [5.74, 6) is -0.177. The Labute approximate surface area is 140 Å². The highest BCUT2D eigenvalue weighted by Crippen LogP contribution is 2.32. The smallest absolute Gasteiger partial charge is 0.252 e. The Morgan fingerprint density at radius 1 is 1.22 bits per heavy atom. The van der Waals surface area contributed by atoms with Gasteiger partial charge in [-0.15, -0.1) is 0 Å². The zero-order valence-electron chi connectivity index (χ0n) is 12.8. The van der Waals surface area contributed by atoms with Crippen LogP contribution in [0.3, 0.4) is 0 Å². The van der Waals surface area contributed by atoms with Crippen molar-refractivity contribution in [3.63, 3.8) is 0 Å². The van der Waals surface area contributed by atoms with Crippen molar-refractivity contribution in [1.82, 2.24) is 5.32 Å². The molecule has 0 radical (unpaired) electrons. The molecule has 5 heteroatoms. The SMILES string of the molecule is CC(CCO)NC(=O)c1ccccc1Sc1ccccc1C#N. The lowest BCUT2D eigenvalue weighted by atomic mass is 10.2. The second-order valence-electron chi connectivity index (χ2n) is 5.09. The maximum Gasteiger partial charge on any atom is 0.252 e. The fourth-order valence-corrected chi connectivity index (χ4v) is 3.10. The fraction of sp³-hybridized carbons (Fsp3) is 0.222. The van der Waals surface area contributed by atoms with Crippen LogP contribution >= 0.6 is 11.8 Å². The lowest BCUT2D eigenvalue weighted by Crippen LogP contribution is -2.33. The molecule has 0 aliphatic carbocycles. The van der Waals surface area contributed by atoms with Crippen molar-refractivity contribution in [2.24, 2.45) is 0 Å². The predicted molar refractivity (Wildman–Crippen MR) is 90.4 cm³/mol. The van der Waals surface area contributed by atoms with Crippen molar-refractivity contribution in [2.45, 2.75) is 29.2 Å². The number of aliphatic hydroxyl groups is 1. The second kappa shape index (κ2) is 8.37. The molecule has 118 valence electrons. The van der Waals surface area contributed by atoms with Gasteiger partial charge in [-0.05, 0) is 37.6 Å². The number of carbonyl (C=O) groups is 1. The predicted octanol–water partition coefficient (Wildman–Crippen LogP) is 3.21. The maximum absolute atomic E-state index is 12.4. The van der Waals surface area contributed by atoms with Crippen molar-refractivity contribution in [3.05, 3.63) is 59.7 Å². The van der Waals surface area contributed by atoms with E-state index < -0.39 is 0 Å². The highest BCUT2D eigenvalue weighted by Gasteiger charge is 2.15. The third-order valence-electron chi connectivity index (χ3n) is 3.30. The van der Waals surface area contributed by atoms with Gasteiger partial charge in [0.05, 0.1) is 11.1 Å². The number of aliphatic hydroxyl groups excluding tert-OH is 1. The van der Waals surface area contributed by atoms with Crippen LogP contribution in [0.25, 0.3) is 0 Å². The molecule has 2 aromatic carbocycles. The summed E-state index contributed by atoms with van der Waals surface area (Å²) >= 11 is 1.40. The van der Waals surface area contributed by atoms with Gasteiger partial charge in [0.2, 0.25) is 0 Å². The van der Waals surface area contributed by atoms with E-state index in [0.717, 1.165) is 9.79 Å². The first-order valence-electron chi connectivity index (χ1n) is 7.33. The Balaban J connectivity index is 2.24. The Morgan fingerprint density at radius 3 is 2.57 bits per heavy atom. The van der Waals surface area contributed by atoms with E-state index in [-0.39, 0.29) is 18.6 Å². The highest BCUT2D eigenvalue weighted by molar-refractivity contribution is 7.99. The maximum atomic E-state index is 12.4. The first-order chi connectivity index (χ1) is 11.2. The Hall–Kier alpha value is -2.29. The molecule has 0 saturated carbocycles. The molecule has 0 bridgehead atoms. The molecule has 4 nitrogen and oxygen atoms in total. The molecule has 0 aliphatic rings. The summed E-state index contributed by atoms with van der Waals surface area (Å²) < 4.78 is 0. The Bertz CT molecular complexity index is 725. The van der Waals surface area contributed by atoms with E-state index in [1.54, 1.807) is 12.1 Å². The van der Waals surface area contributed by atoms with E-state index in [1.165, 1.54) is 11.8 Å². The van der Waals surface area contributed by atoms with Gasteiger partial charge in [-0.2, -0.15) is 5.26 Å². The van der Waals surface area contributed by atoms with Crippen LogP contribution in [0.4, 0.5) is 0 Å². The molecular weight excluding hydrogens is 308 g/mol.